The quantitative estimate of drug-likeness (QED) is 0.572. The molecular weight excluding hydrogens is 140 g/mol. The minimum absolute atomic E-state index is 0.281. The molecule has 2 heteroatoms. The third-order valence-electron chi connectivity index (χ3n) is 2.32. The number of ketones is 1. The predicted molar refractivity (Wildman–Crippen MR) is 41.2 cm³/mol. The molecule has 0 atom stereocenters. The van der Waals surface area contributed by atoms with Crippen molar-refractivity contribution in [2.24, 2.45) is 0 Å². The van der Waals surface area contributed by atoms with Gasteiger partial charge in [0.25, 0.3) is 0 Å². The van der Waals surface area contributed by atoms with E-state index < -0.39 is 0 Å². The van der Waals surface area contributed by atoms with Gasteiger partial charge in [0.1, 0.15) is 0 Å². The highest BCUT2D eigenvalue weighted by Crippen LogP contribution is 2.32. The summed E-state index contributed by atoms with van der Waals surface area (Å²) in [5, 5.41) is 9.16. The number of rotatable bonds is 0. The Morgan fingerprint density at radius 2 is 2.00 bits per heavy atom. The van der Waals surface area contributed by atoms with Crippen molar-refractivity contribution in [3.05, 3.63) is 23.0 Å². The zero-order valence-electron chi connectivity index (χ0n) is 6.26. The van der Waals surface area contributed by atoms with E-state index in [1.807, 2.05) is 0 Å². The fourth-order valence-corrected chi connectivity index (χ4v) is 1.71. The van der Waals surface area contributed by atoms with Crippen LogP contribution in [0.5, 0.6) is 0 Å². The van der Waals surface area contributed by atoms with Gasteiger partial charge in [-0.05, 0) is 30.1 Å². The molecule has 2 nitrogen and oxygen atoms in total. The third-order valence-corrected chi connectivity index (χ3v) is 2.32. The van der Waals surface area contributed by atoms with Gasteiger partial charge in [0.2, 0.25) is 0 Å². The van der Waals surface area contributed by atoms with Gasteiger partial charge in [0.05, 0.1) is 5.76 Å². The number of allylic oxidation sites excluding steroid dienone is 4. The first kappa shape index (κ1) is 6.65. The van der Waals surface area contributed by atoms with Crippen molar-refractivity contribution in [1.82, 2.24) is 0 Å². The fraction of sp³-hybridized carbons (Fsp3) is 0.444. The van der Waals surface area contributed by atoms with Crippen LogP contribution in [0.4, 0.5) is 0 Å². The summed E-state index contributed by atoms with van der Waals surface area (Å²) in [5.74, 6) is 0.710. The van der Waals surface area contributed by atoms with Gasteiger partial charge in [0.15, 0.2) is 5.78 Å². The number of aliphatic hydroxyl groups excluding tert-OH is 1. The van der Waals surface area contributed by atoms with Crippen LogP contribution in [0.2, 0.25) is 0 Å². The van der Waals surface area contributed by atoms with Crippen molar-refractivity contribution in [3.8, 4) is 0 Å². The standard InChI is InChI=1S/C9H10O2/c10-7-2-3-8-6(5-7)1-4-9(8)11/h5,10H,1-4H2. The van der Waals surface area contributed by atoms with Gasteiger partial charge in [-0.2, -0.15) is 0 Å². The van der Waals surface area contributed by atoms with E-state index in [0.717, 1.165) is 24.0 Å². The van der Waals surface area contributed by atoms with E-state index in [0.29, 0.717) is 18.6 Å². The number of carbonyl (C=O) groups is 1. The summed E-state index contributed by atoms with van der Waals surface area (Å²) >= 11 is 0. The lowest BCUT2D eigenvalue weighted by atomic mass is 9.99. The SMILES string of the molecule is O=C1CCC2=C1CCC(O)=C2. The minimum Gasteiger partial charge on any atom is -0.512 e. The van der Waals surface area contributed by atoms with Crippen molar-refractivity contribution in [2.75, 3.05) is 0 Å². The van der Waals surface area contributed by atoms with Crippen molar-refractivity contribution < 1.29 is 9.90 Å². The molecule has 0 aromatic carbocycles. The average molecular weight is 150 g/mol. The Bertz CT molecular complexity index is 271. The Morgan fingerprint density at radius 1 is 1.18 bits per heavy atom. The molecule has 0 aliphatic heterocycles. The first-order valence-electron chi connectivity index (χ1n) is 3.92. The molecule has 0 aromatic rings. The van der Waals surface area contributed by atoms with Crippen LogP contribution in [-0.2, 0) is 4.79 Å². The molecule has 0 spiro atoms. The third kappa shape index (κ3) is 0.985. The van der Waals surface area contributed by atoms with Crippen LogP contribution < -0.4 is 0 Å². The number of Topliss-reactive ketones (excluding diaryl/α,β-unsaturated/α-hetero) is 1. The van der Waals surface area contributed by atoms with Gasteiger partial charge in [-0.3, -0.25) is 4.79 Å². The van der Waals surface area contributed by atoms with E-state index in [1.165, 1.54) is 0 Å². The summed E-state index contributed by atoms with van der Waals surface area (Å²) in [7, 11) is 0. The molecule has 0 amide bonds. The fourth-order valence-electron chi connectivity index (χ4n) is 1.71. The molecule has 0 radical (unpaired) electrons. The molecule has 1 N–H and O–H groups in total. The number of aliphatic hydroxyl groups is 1. The average Bonchev–Trinajstić information content (AvgIpc) is 2.32. The predicted octanol–water partition coefficient (Wildman–Crippen LogP) is 1.88. The Kier molecular flexibility index (Phi) is 1.34. The molecule has 2 rings (SSSR count). The second-order valence-electron chi connectivity index (χ2n) is 3.06. The van der Waals surface area contributed by atoms with E-state index in [9.17, 15) is 4.79 Å². The van der Waals surface area contributed by atoms with E-state index in [1.54, 1.807) is 6.08 Å². The van der Waals surface area contributed by atoms with E-state index in [2.05, 4.69) is 0 Å². The lowest BCUT2D eigenvalue weighted by molar-refractivity contribution is -0.115. The molecule has 2 aliphatic rings. The van der Waals surface area contributed by atoms with Crippen molar-refractivity contribution in [2.45, 2.75) is 25.7 Å². The molecule has 2 aliphatic carbocycles. The second kappa shape index (κ2) is 2.22. The summed E-state index contributed by atoms with van der Waals surface area (Å²) < 4.78 is 0. The van der Waals surface area contributed by atoms with Crippen LogP contribution >= 0.6 is 0 Å². The monoisotopic (exact) mass is 150 g/mol. The van der Waals surface area contributed by atoms with E-state index in [4.69, 9.17) is 5.11 Å². The lowest BCUT2D eigenvalue weighted by Gasteiger charge is -2.08. The number of hydrogen-bond donors (Lipinski definition) is 1. The van der Waals surface area contributed by atoms with Gasteiger partial charge in [-0.1, -0.05) is 0 Å². The van der Waals surface area contributed by atoms with Crippen molar-refractivity contribution >= 4 is 5.78 Å². The Labute approximate surface area is 65.2 Å². The summed E-state index contributed by atoms with van der Waals surface area (Å²) in [6.07, 6.45) is 4.62. The molecule has 0 unspecified atom stereocenters. The lowest BCUT2D eigenvalue weighted by Crippen LogP contribution is -2.00. The van der Waals surface area contributed by atoms with Crippen LogP contribution in [0.25, 0.3) is 0 Å². The second-order valence-corrected chi connectivity index (χ2v) is 3.06. The summed E-state index contributed by atoms with van der Waals surface area (Å²) in [6.45, 7) is 0. The summed E-state index contributed by atoms with van der Waals surface area (Å²) in [6, 6.07) is 0. The smallest absolute Gasteiger partial charge is 0.159 e. The molecular formula is C9H10O2. The zero-order chi connectivity index (χ0) is 7.84. The Balaban J connectivity index is 2.38. The normalized spacial score (nSPS) is 23.6. The topological polar surface area (TPSA) is 37.3 Å². The van der Waals surface area contributed by atoms with Crippen LogP contribution in [0.15, 0.2) is 23.0 Å². The number of hydrogen-bond acceptors (Lipinski definition) is 2. The van der Waals surface area contributed by atoms with Crippen LogP contribution in [0.3, 0.4) is 0 Å². The first-order valence-corrected chi connectivity index (χ1v) is 3.92. The molecule has 11 heavy (non-hydrogen) atoms. The van der Waals surface area contributed by atoms with Crippen LogP contribution in [0, 0.1) is 0 Å². The van der Waals surface area contributed by atoms with Gasteiger partial charge in [-0.25, -0.2) is 0 Å². The molecule has 58 valence electrons. The maximum absolute atomic E-state index is 11.1. The maximum atomic E-state index is 11.1. The minimum atomic E-state index is 0.281. The highest BCUT2D eigenvalue weighted by molar-refractivity contribution is 5.99. The van der Waals surface area contributed by atoms with E-state index >= 15 is 0 Å². The summed E-state index contributed by atoms with van der Waals surface area (Å²) in [4.78, 5) is 11.1. The van der Waals surface area contributed by atoms with Crippen LogP contribution in [0.1, 0.15) is 25.7 Å². The molecule has 0 heterocycles. The largest absolute Gasteiger partial charge is 0.512 e. The molecule has 0 saturated carbocycles. The summed E-state index contributed by atoms with van der Waals surface area (Å²) in [5.41, 5.74) is 2.03. The highest BCUT2D eigenvalue weighted by Gasteiger charge is 2.24. The first-order chi connectivity index (χ1) is 5.27. The van der Waals surface area contributed by atoms with Gasteiger partial charge >= 0.3 is 0 Å². The molecule has 0 aromatic heterocycles. The van der Waals surface area contributed by atoms with Gasteiger partial charge in [-0.15, -0.1) is 0 Å². The zero-order valence-corrected chi connectivity index (χ0v) is 6.26. The Morgan fingerprint density at radius 3 is 2.82 bits per heavy atom. The van der Waals surface area contributed by atoms with Gasteiger partial charge < -0.3 is 5.11 Å². The van der Waals surface area contributed by atoms with Gasteiger partial charge in [0, 0.05) is 12.8 Å². The molecule has 0 bridgehead atoms. The van der Waals surface area contributed by atoms with Crippen LogP contribution in [-0.4, -0.2) is 10.9 Å². The molecule has 0 saturated heterocycles. The van der Waals surface area contributed by atoms with Crippen molar-refractivity contribution in [1.29, 1.82) is 0 Å². The van der Waals surface area contributed by atoms with E-state index in [-0.39, 0.29) is 5.78 Å². The highest BCUT2D eigenvalue weighted by atomic mass is 16.3. The molecule has 0 fully saturated rings. The maximum Gasteiger partial charge on any atom is 0.159 e. The Hall–Kier alpha value is -1.05. The number of carbonyl (C=O) groups excluding carboxylic acids is 1. The van der Waals surface area contributed by atoms with Crippen molar-refractivity contribution in [3.63, 3.8) is 0 Å².